The first-order valence-electron chi connectivity index (χ1n) is 12.1. The summed E-state index contributed by atoms with van der Waals surface area (Å²) in [6.07, 6.45) is 1.85. The molecule has 0 saturated carbocycles. The molecule has 9 heteroatoms. The molecule has 0 aliphatic heterocycles. The van der Waals surface area contributed by atoms with Crippen LogP contribution < -0.4 is 16.0 Å². The highest BCUT2D eigenvalue weighted by atomic mass is 35.5. The molecular weight excluding hydrogens is 517 g/mol. The monoisotopic (exact) mass is 548 g/mol. The molecule has 5 nitrogen and oxygen atoms in total. The fourth-order valence-electron chi connectivity index (χ4n) is 3.95. The van der Waals surface area contributed by atoms with Gasteiger partial charge in [-0.2, -0.15) is 0 Å². The van der Waals surface area contributed by atoms with Crippen LogP contribution in [0.1, 0.15) is 24.3 Å². The molecule has 0 aromatic heterocycles. The number of rotatable bonds is 12. The van der Waals surface area contributed by atoms with Gasteiger partial charge in [0.1, 0.15) is 0 Å². The van der Waals surface area contributed by atoms with Gasteiger partial charge in [-0.25, -0.2) is 13.6 Å². The Bertz CT molecular complexity index is 1160. The van der Waals surface area contributed by atoms with Gasteiger partial charge in [0.05, 0.1) is 0 Å². The molecule has 0 bridgehead atoms. The van der Waals surface area contributed by atoms with Crippen LogP contribution in [-0.2, 0) is 0 Å². The number of amides is 2. The van der Waals surface area contributed by atoms with Gasteiger partial charge in [-0.1, -0.05) is 53.5 Å². The highest BCUT2D eigenvalue weighted by molar-refractivity contribution is 6.35. The van der Waals surface area contributed by atoms with Gasteiger partial charge < -0.3 is 20.9 Å². The average molecular weight is 549 g/mol. The molecule has 0 saturated heterocycles. The summed E-state index contributed by atoms with van der Waals surface area (Å²) in [6, 6.07) is 16.0. The Hall–Kier alpha value is -2.71. The Labute approximate surface area is 227 Å². The number of benzene rings is 3. The molecule has 2 amide bonds. The van der Waals surface area contributed by atoms with Gasteiger partial charge in [-0.3, -0.25) is 0 Å². The van der Waals surface area contributed by atoms with Crippen LogP contribution in [0, 0.1) is 11.6 Å². The van der Waals surface area contributed by atoms with E-state index < -0.39 is 11.6 Å². The van der Waals surface area contributed by atoms with Crippen molar-refractivity contribution in [2.75, 3.05) is 45.6 Å². The summed E-state index contributed by atoms with van der Waals surface area (Å²) in [4.78, 5) is 14.7. The lowest BCUT2D eigenvalue weighted by Gasteiger charge is -2.20. The van der Waals surface area contributed by atoms with Crippen molar-refractivity contribution < 1.29 is 13.6 Å². The molecule has 0 spiro atoms. The van der Waals surface area contributed by atoms with Gasteiger partial charge >= 0.3 is 6.03 Å². The summed E-state index contributed by atoms with van der Waals surface area (Å²) >= 11 is 12.0. The molecule has 37 heavy (non-hydrogen) atoms. The van der Waals surface area contributed by atoms with Crippen LogP contribution in [0.25, 0.3) is 11.1 Å². The lowest BCUT2D eigenvalue weighted by molar-refractivity contribution is 0.251. The normalized spacial score (nSPS) is 12.0. The fraction of sp³-hybridized carbons (Fsp3) is 0.321. The summed E-state index contributed by atoms with van der Waals surface area (Å²) in [5.74, 6) is -1.71. The van der Waals surface area contributed by atoms with Crippen LogP contribution in [0.4, 0.5) is 19.3 Å². The Kier molecular flexibility index (Phi) is 11.1. The molecule has 198 valence electrons. The zero-order chi connectivity index (χ0) is 26.8. The summed E-state index contributed by atoms with van der Waals surface area (Å²) < 4.78 is 27.0. The van der Waals surface area contributed by atoms with E-state index >= 15 is 0 Å². The maximum Gasteiger partial charge on any atom is 0.319 e. The van der Waals surface area contributed by atoms with Gasteiger partial charge in [-0.05, 0) is 93.6 Å². The van der Waals surface area contributed by atoms with Gasteiger partial charge in [-0.15, -0.1) is 0 Å². The lowest BCUT2D eigenvalue weighted by atomic mass is 9.93. The number of nitrogens with zero attached hydrogens (tertiary/aromatic N) is 1. The van der Waals surface area contributed by atoms with Crippen molar-refractivity contribution in [3.05, 3.63) is 87.9 Å². The zero-order valence-corrected chi connectivity index (χ0v) is 22.5. The van der Waals surface area contributed by atoms with Crippen molar-refractivity contribution in [3.8, 4) is 11.1 Å². The van der Waals surface area contributed by atoms with Crippen molar-refractivity contribution in [3.63, 3.8) is 0 Å². The van der Waals surface area contributed by atoms with Gasteiger partial charge in [0.15, 0.2) is 11.6 Å². The average Bonchev–Trinajstić information content (AvgIpc) is 2.84. The number of carbonyl (C=O) groups is 1. The van der Waals surface area contributed by atoms with Gasteiger partial charge in [0.2, 0.25) is 0 Å². The summed E-state index contributed by atoms with van der Waals surface area (Å²) in [5, 5.41) is 10.0. The minimum atomic E-state index is -0.879. The molecule has 0 aliphatic carbocycles. The number of halogens is 4. The van der Waals surface area contributed by atoms with Crippen LogP contribution in [0.2, 0.25) is 10.0 Å². The molecule has 3 aromatic rings. The molecule has 0 heterocycles. The number of urea groups is 1. The van der Waals surface area contributed by atoms with Crippen molar-refractivity contribution in [2.24, 2.45) is 0 Å². The molecule has 0 aliphatic rings. The SMILES string of the molecule is CN(C)CCCNCCC(CNC(=O)Nc1cc(Cl)cc(Cl)c1)c1ccc(-c2ccc(F)c(F)c2)cc1. The second-order valence-electron chi connectivity index (χ2n) is 9.14. The van der Waals surface area contributed by atoms with Crippen LogP contribution in [0.5, 0.6) is 0 Å². The van der Waals surface area contributed by atoms with E-state index in [9.17, 15) is 13.6 Å². The van der Waals surface area contributed by atoms with E-state index in [2.05, 4.69) is 20.9 Å². The predicted octanol–water partition coefficient (Wildman–Crippen LogP) is 6.78. The topological polar surface area (TPSA) is 56.4 Å². The summed E-state index contributed by atoms with van der Waals surface area (Å²) in [7, 11) is 4.10. The Morgan fingerprint density at radius 3 is 2.22 bits per heavy atom. The third kappa shape index (κ3) is 9.59. The number of anilines is 1. The van der Waals surface area contributed by atoms with Crippen molar-refractivity contribution in [1.82, 2.24) is 15.5 Å². The fourth-order valence-corrected chi connectivity index (χ4v) is 4.47. The predicted molar refractivity (Wildman–Crippen MR) is 149 cm³/mol. The number of hydrogen-bond acceptors (Lipinski definition) is 3. The molecule has 0 radical (unpaired) electrons. The van der Waals surface area contributed by atoms with E-state index in [4.69, 9.17) is 23.2 Å². The molecule has 3 aromatic carbocycles. The second kappa shape index (κ2) is 14.3. The van der Waals surface area contributed by atoms with E-state index in [-0.39, 0.29) is 11.9 Å². The Balaban J connectivity index is 1.65. The largest absolute Gasteiger partial charge is 0.337 e. The summed E-state index contributed by atoms with van der Waals surface area (Å²) in [5.41, 5.74) is 2.92. The van der Waals surface area contributed by atoms with E-state index in [1.54, 1.807) is 24.3 Å². The first kappa shape index (κ1) is 28.9. The number of hydrogen-bond donors (Lipinski definition) is 3. The highest BCUT2D eigenvalue weighted by Gasteiger charge is 2.14. The first-order chi connectivity index (χ1) is 17.7. The van der Waals surface area contributed by atoms with Crippen LogP contribution in [0.15, 0.2) is 60.7 Å². The minimum absolute atomic E-state index is 0.0362. The van der Waals surface area contributed by atoms with E-state index in [1.165, 1.54) is 6.07 Å². The third-order valence-electron chi connectivity index (χ3n) is 5.89. The number of nitrogens with one attached hydrogen (secondary N) is 3. The molecule has 3 N–H and O–H groups in total. The van der Waals surface area contributed by atoms with Gasteiger partial charge in [0.25, 0.3) is 0 Å². The molecule has 1 unspecified atom stereocenters. The highest BCUT2D eigenvalue weighted by Crippen LogP contribution is 2.26. The van der Waals surface area contributed by atoms with Crippen LogP contribution >= 0.6 is 23.2 Å². The van der Waals surface area contributed by atoms with Crippen molar-refractivity contribution in [2.45, 2.75) is 18.8 Å². The Morgan fingerprint density at radius 1 is 0.892 bits per heavy atom. The zero-order valence-electron chi connectivity index (χ0n) is 21.0. The lowest BCUT2D eigenvalue weighted by Crippen LogP contribution is -2.33. The van der Waals surface area contributed by atoms with Crippen molar-refractivity contribution in [1.29, 1.82) is 0 Å². The third-order valence-corrected chi connectivity index (χ3v) is 6.33. The van der Waals surface area contributed by atoms with Crippen LogP contribution in [-0.4, -0.2) is 51.2 Å². The molecule has 0 fully saturated rings. The first-order valence-corrected chi connectivity index (χ1v) is 12.9. The summed E-state index contributed by atoms with van der Waals surface area (Å²) in [6.45, 7) is 3.11. The molecular formula is C28H32Cl2F2N4O. The smallest absolute Gasteiger partial charge is 0.319 e. The quantitative estimate of drug-likeness (QED) is 0.219. The minimum Gasteiger partial charge on any atom is -0.337 e. The van der Waals surface area contributed by atoms with E-state index in [1.807, 2.05) is 38.4 Å². The van der Waals surface area contributed by atoms with Crippen LogP contribution in [0.3, 0.4) is 0 Å². The molecule has 1 atom stereocenters. The molecule has 3 rings (SSSR count). The second-order valence-corrected chi connectivity index (χ2v) is 10.0. The maximum atomic E-state index is 13.7. The standard InChI is InChI=1S/C28H32Cl2F2N4O/c1-36(2)13-3-11-33-12-10-22(18-34-28(37)35-25-16-23(29)15-24(30)17-25)20-6-4-19(5-7-20)21-8-9-26(31)27(32)14-21/h4-9,14-17,22,33H,3,10-13,18H2,1-2H3,(H2,34,35,37). The van der Waals surface area contributed by atoms with Crippen molar-refractivity contribution >= 4 is 34.9 Å². The number of carbonyl (C=O) groups excluding carboxylic acids is 1. The Morgan fingerprint density at radius 2 is 1.57 bits per heavy atom. The maximum absolute atomic E-state index is 13.7. The van der Waals surface area contributed by atoms with E-state index in [0.717, 1.165) is 49.7 Å². The van der Waals surface area contributed by atoms with E-state index in [0.29, 0.717) is 27.8 Å². The van der Waals surface area contributed by atoms with Gasteiger partial charge in [0, 0.05) is 28.2 Å².